The largest absolute Gasteiger partial charge is 0.545 e. The number of nitrogens with one attached hydrogen (secondary N) is 1. The normalized spacial score (nSPS) is 11.0. The second-order valence-electron chi connectivity index (χ2n) is 5.21. The first-order chi connectivity index (χ1) is 11.5. The van der Waals surface area contributed by atoms with Crippen molar-refractivity contribution in [1.29, 1.82) is 0 Å². The molecule has 0 saturated heterocycles. The number of aliphatic carboxylic acids is 1. The molecule has 1 amide bonds. The second-order valence-corrected chi connectivity index (χ2v) is 6.24. The summed E-state index contributed by atoms with van der Waals surface area (Å²) in [5.41, 5.74) is 3.69. The average molecular weight is 337 g/mol. The number of carboxylic acid groups (broad SMARTS) is 1. The van der Waals surface area contributed by atoms with E-state index < -0.39 is 11.9 Å². The van der Waals surface area contributed by atoms with E-state index in [1.165, 1.54) is 5.56 Å². The monoisotopic (exact) mass is 337 g/mol. The first kappa shape index (κ1) is 15.9. The Morgan fingerprint density at radius 1 is 1.12 bits per heavy atom. The number of aryl methyl sites for hydroxylation is 1. The minimum Gasteiger partial charge on any atom is -0.545 e. The molecule has 0 bridgehead atoms. The Morgan fingerprint density at radius 2 is 1.88 bits per heavy atom. The third-order valence-electron chi connectivity index (χ3n) is 3.31. The summed E-state index contributed by atoms with van der Waals surface area (Å²) in [5, 5.41) is 13.8. The molecule has 5 nitrogen and oxygen atoms in total. The number of rotatable bonds is 4. The van der Waals surface area contributed by atoms with Gasteiger partial charge in [0.15, 0.2) is 0 Å². The van der Waals surface area contributed by atoms with Crippen molar-refractivity contribution in [2.75, 3.05) is 5.32 Å². The Bertz CT molecular complexity index is 943. The van der Waals surface area contributed by atoms with Crippen LogP contribution >= 0.6 is 11.3 Å². The molecular weight excluding hydrogens is 324 g/mol. The maximum Gasteiger partial charge on any atom is 0.248 e. The van der Waals surface area contributed by atoms with Crippen molar-refractivity contribution in [2.24, 2.45) is 0 Å². The van der Waals surface area contributed by atoms with Crippen LogP contribution in [-0.2, 0) is 9.59 Å². The fourth-order valence-corrected chi connectivity index (χ4v) is 3.25. The van der Waals surface area contributed by atoms with Gasteiger partial charge in [0.25, 0.3) is 0 Å². The van der Waals surface area contributed by atoms with Crippen molar-refractivity contribution in [1.82, 2.24) is 4.98 Å². The van der Waals surface area contributed by atoms with E-state index >= 15 is 0 Å². The van der Waals surface area contributed by atoms with Gasteiger partial charge in [-0.25, -0.2) is 4.98 Å². The molecule has 0 unspecified atom stereocenters. The zero-order valence-electron chi connectivity index (χ0n) is 12.8. The summed E-state index contributed by atoms with van der Waals surface area (Å²) < 4.78 is 1.13. The molecule has 1 N–H and O–H groups in total. The Balaban J connectivity index is 1.78. The smallest absolute Gasteiger partial charge is 0.248 e. The molecule has 3 aromatic rings. The van der Waals surface area contributed by atoms with Gasteiger partial charge in [-0.1, -0.05) is 6.07 Å². The second kappa shape index (κ2) is 6.64. The molecule has 0 radical (unpaired) electrons. The van der Waals surface area contributed by atoms with Crippen LogP contribution < -0.4 is 10.4 Å². The predicted molar refractivity (Wildman–Crippen MR) is 92.6 cm³/mol. The number of aromatic nitrogens is 1. The maximum absolute atomic E-state index is 11.5. The van der Waals surface area contributed by atoms with E-state index in [1.54, 1.807) is 23.5 Å². The minimum atomic E-state index is -1.41. The highest BCUT2D eigenvalue weighted by Crippen LogP contribution is 2.31. The topological polar surface area (TPSA) is 82.1 Å². The standard InChI is InChI=1S/C18H14N2O3S/c1-11-2-7-14-15(10-11)24-18(20-14)12-3-5-13(6-4-12)19-16(21)8-9-17(22)23/h2-10H,1H3,(H,19,21)(H,22,23)/p-1/b9-8-. The summed E-state index contributed by atoms with van der Waals surface area (Å²) in [5.74, 6) is -1.94. The molecule has 0 spiro atoms. The molecular formula is C18H13N2O3S-. The molecule has 2 aromatic carbocycles. The van der Waals surface area contributed by atoms with E-state index in [9.17, 15) is 14.7 Å². The number of carbonyl (C=O) groups is 2. The molecule has 3 rings (SSSR count). The van der Waals surface area contributed by atoms with Crippen LogP contribution in [0.25, 0.3) is 20.8 Å². The van der Waals surface area contributed by atoms with Crippen molar-refractivity contribution in [3.05, 3.63) is 60.2 Å². The lowest BCUT2D eigenvalue weighted by Gasteiger charge is -2.03. The number of nitrogens with zero attached hydrogens (tertiary/aromatic N) is 1. The van der Waals surface area contributed by atoms with Crippen LogP contribution in [0.4, 0.5) is 5.69 Å². The van der Waals surface area contributed by atoms with Gasteiger partial charge in [-0.3, -0.25) is 4.79 Å². The number of amides is 1. The first-order valence-corrected chi connectivity index (χ1v) is 8.00. The number of hydrogen-bond donors (Lipinski definition) is 1. The fourth-order valence-electron chi connectivity index (χ4n) is 2.18. The SMILES string of the molecule is Cc1ccc2nc(-c3ccc(NC(=O)/C=C\C(=O)[O-])cc3)sc2c1. The van der Waals surface area contributed by atoms with Crippen LogP contribution in [-0.4, -0.2) is 16.9 Å². The van der Waals surface area contributed by atoms with Gasteiger partial charge in [0.2, 0.25) is 5.91 Å². The lowest BCUT2D eigenvalue weighted by Crippen LogP contribution is -2.20. The van der Waals surface area contributed by atoms with Crippen molar-refractivity contribution in [2.45, 2.75) is 6.92 Å². The van der Waals surface area contributed by atoms with Gasteiger partial charge in [-0.15, -0.1) is 11.3 Å². The third-order valence-corrected chi connectivity index (χ3v) is 4.38. The number of thiazole rings is 1. The van der Waals surface area contributed by atoms with E-state index in [0.29, 0.717) is 11.8 Å². The summed E-state index contributed by atoms with van der Waals surface area (Å²) in [6.45, 7) is 2.05. The van der Waals surface area contributed by atoms with Crippen molar-refractivity contribution >= 4 is 39.1 Å². The van der Waals surface area contributed by atoms with Gasteiger partial charge < -0.3 is 15.2 Å². The molecule has 0 fully saturated rings. The first-order valence-electron chi connectivity index (χ1n) is 7.19. The summed E-state index contributed by atoms with van der Waals surface area (Å²) >= 11 is 1.61. The van der Waals surface area contributed by atoms with Crippen LogP contribution in [0.15, 0.2) is 54.6 Å². The summed E-state index contributed by atoms with van der Waals surface area (Å²) in [7, 11) is 0. The maximum atomic E-state index is 11.5. The number of carbonyl (C=O) groups excluding carboxylic acids is 2. The third kappa shape index (κ3) is 3.67. The molecule has 0 atom stereocenters. The van der Waals surface area contributed by atoms with Gasteiger partial charge in [0.05, 0.1) is 16.2 Å². The Morgan fingerprint density at radius 3 is 2.58 bits per heavy atom. The number of anilines is 1. The highest BCUT2D eigenvalue weighted by Gasteiger charge is 2.07. The van der Waals surface area contributed by atoms with Gasteiger partial charge in [0, 0.05) is 17.3 Å². The zero-order valence-corrected chi connectivity index (χ0v) is 13.6. The average Bonchev–Trinajstić information content (AvgIpc) is 2.96. The van der Waals surface area contributed by atoms with E-state index in [2.05, 4.69) is 16.4 Å². The van der Waals surface area contributed by atoms with E-state index in [-0.39, 0.29) is 0 Å². The van der Waals surface area contributed by atoms with Crippen molar-refractivity contribution in [3.8, 4) is 10.6 Å². The van der Waals surface area contributed by atoms with Gasteiger partial charge >= 0.3 is 0 Å². The van der Waals surface area contributed by atoms with E-state index in [0.717, 1.165) is 26.9 Å². The number of carboxylic acids is 1. The number of hydrogen-bond acceptors (Lipinski definition) is 5. The molecule has 0 aliphatic heterocycles. The van der Waals surface area contributed by atoms with E-state index in [4.69, 9.17) is 0 Å². The summed E-state index contributed by atoms with van der Waals surface area (Å²) in [6, 6.07) is 13.4. The number of benzene rings is 2. The summed E-state index contributed by atoms with van der Waals surface area (Å²) in [6.07, 6.45) is 1.60. The van der Waals surface area contributed by atoms with E-state index in [1.807, 2.05) is 31.2 Å². The van der Waals surface area contributed by atoms with Crippen LogP contribution in [0.2, 0.25) is 0 Å². The van der Waals surface area contributed by atoms with Crippen molar-refractivity contribution < 1.29 is 14.7 Å². The highest BCUT2D eigenvalue weighted by atomic mass is 32.1. The van der Waals surface area contributed by atoms with Gasteiger partial charge in [-0.2, -0.15) is 0 Å². The Labute approximate surface area is 142 Å². The van der Waals surface area contributed by atoms with Crippen LogP contribution in [0, 0.1) is 6.92 Å². The molecule has 24 heavy (non-hydrogen) atoms. The van der Waals surface area contributed by atoms with Crippen LogP contribution in [0.5, 0.6) is 0 Å². The molecule has 0 aliphatic rings. The quantitative estimate of drug-likeness (QED) is 0.742. The molecule has 120 valence electrons. The molecule has 1 aromatic heterocycles. The Hall–Kier alpha value is -2.99. The summed E-state index contributed by atoms with van der Waals surface area (Å²) in [4.78, 5) is 26.4. The minimum absolute atomic E-state index is 0.526. The van der Waals surface area contributed by atoms with Crippen LogP contribution in [0.1, 0.15) is 5.56 Å². The molecule has 1 heterocycles. The van der Waals surface area contributed by atoms with Crippen LogP contribution in [0.3, 0.4) is 0 Å². The predicted octanol–water partition coefficient (Wildman–Crippen LogP) is 2.52. The lowest BCUT2D eigenvalue weighted by atomic mass is 10.2. The van der Waals surface area contributed by atoms with Gasteiger partial charge in [-0.05, 0) is 55.0 Å². The highest BCUT2D eigenvalue weighted by molar-refractivity contribution is 7.21. The van der Waals surface area contributed by atoms with Crippen molar-refractivity contribution in [3.63, 3.8) is 0 Å². The Kier molecular flexibility index (Phi) is 4.39. The van der Waals surface area contributed by atoms with Gasteiger partial charge in [0.1, 0.15) is 5.01 Å². The zero-order chi connectivity index (χ0) is 17.1. The lowest BCUT2D eigenvalue weighted by molar-refractivity contribution is -0.297. The molecule has 6 heteroatoms. The molecule has 0 saturated carbocycles. The fraction of sp³-hybridized carbons (Fsp3) is 0.0556. The molecule has 0 aliphatic carbocycles. The number of fused-ring (bicyclic) bond motifs is 1.